The van der Waals surface area contributed by atoms with Gasteiger partial charge >= 0.3 is 0 Å². The molecule has 3 nitrogen and oxygen atoms in total. The van der Waals surface area contributed by atoms with Crippen molar-refractivity contribution in [3.05, 3.63) is 52.7 Å². The molecular formula is C12H13BrN2O. The minimum Gasteiger partial charge on any atom is -0.472 e. The summed E-state index contributed by atoms with van der Waals surface area (Å²) >= 11 is 3.38. The van der Waals surface area contributed by atoms with Crippen LogP contribution in [-0.2, 0) is 6.42 Å². The topological polar surface area (TPSA) is 38.1 Å². The van der Waals surface area contributed by atoms with Crippen molar-refractivity contribution in [3.63, 3.8) is 0 Å². The van der Waals surface area contributed by atoms with E-state index in [9.17, 15) is 0 Å². The Morgan fingerprint density at radius 3 is 2.88 bits per heavy atom. The van der Waals surface area contributed by atoms with Crippen LogP contribution < -0.4 is 5.32 Å². The summed E-state index contributed by atoms with van der Waals surface area (Å²) in [5, 5.41) is 3.26. The van der Waals surface area contributed by atoms with Crippen LogP contribution in [0.15, 0.2) is 45.8 Å². The third-order valence-corrected chi connectivity index (χ3v) is 2.94. The fraction of sp³-hybridized carbons (Fsp3) is 0.250. The zero-order valence-electron chi connectivity index (χ0n) is 8.98. The molecule has 0 aliphatic carbocycles. The second-order valence-corrected chi connectivity index (χ2v) is 4.49. The van der Waals surface area contributed by atoms with Gasteiger partial charge in [0.05, 0.1) is 24.3 Å². The van der Waals surface area contributed by atoms with Gasteiger partial charge in [0.1, 0.15) is 0 Å². The van der Waals surface area contributed by atoms with Crippen LogP contribution in [0.2, 0.25) is 0 Å². The zero-order chi connectivity index (χ0) is 11.4. The molecule has 0 bridgehead atoms. The molecule has 1 atom stereocenters. The van der Waals surface area contributed by atoms with Crippen molar-refractivity contribution >= 4 is 15.9 Å². The highest BCUT2D eigenvalue weighted by atomic mass is 79.9. The predicted octanol–water partition coefficient (Wildman–Crippen LogP) is 2.94. The maximum Gasteiger partial charge on any atom is 0.0935 e. The minimum atomic E-state index is 0.214. The van der Waals surface area contributed by atoms with Gasteiger partial charge in [-0.2, -0.15) is 0 Å². The number of hydrogen-bond acceptors (Lipinski definition) is 3. The van der Waals surface area contributed by atoms with E-state index in [2.05, 4.69) is 26.2 Å². The van der Waals surface area contributed by atoms with Crippen LogP contribution in [-0.4, -0.2) is 12.0 Å². The summed E-state index contributed by atoms with van der Waals surface area (Å²) in [6.07, 6.45) is 6.15. The van der Waals surface area contributed by atoms with Crippen LogP contribution in [0, 0.1) is 0 Å². The third kappa shape index (κ3) is 2.71. The Balaban J connectivity index is 2.13. The molecule has 1 N–H and O–H groups in total. The number of nitrogens with one attached hydrogen (secondary N) is 1. The molecular weight excluding hydrogens is 268 g/mol. The largest absolute Gasteiger partial charge is 0.472 e. The van der Waals surface area contributed by atoms with E-state index in [-0.39, 0.29) is 6.04 Å². The number of pyridine rings is 1. The molecule has 0 aliphatic heterocycles. The highest BCUT2D eigenvalue weighted by molar-refractivity contribution is 9.10. The maximum atomic E-state index is 5.06. The van der Waals surface area contributed by atoms with Gasteiger partial charge in [-0.25, -0.2) is 0 Å². The summed E-state index contributed by atoms with van der Waals surface area (Å²) in [4.78, 5) is 4.39. The van der Waals surface area contributed by atoms with E-state index >= 15 is 0 Å². The zero-order valence-corrected chi connectivity index (χ0v) is 10.6. The first-order valence-electron chi connectivity index (χ1n) is 5.09. The first-order chi connectivity index (χ1) is 7.79. The Morgan fingerprint density at radius 1 is 1.44 bits per heavy atom. The van der Waals surface area contributed by atoms with Gasteiger partial charge in [-0.15, -0.1) is 0 Å². The van der Waals surface area contributed by atoms with Gasteiger partial charge in [-0.05, 0) is 53.2 Å². The summed E-state index contributed by atoms with van der Waals surface area (Å²) < 4.78 is 6.05. The number of nitrogens with zero attached hydrogens (tertiary/aromatic N) is 1. The Kier molecular flexibility index (Phi) is 3.74. The smallest absolute Gasteiger partial charge is 0.0935 e. The molecule has 0 fully saturated rings. The number of rotatable bonds is 4. The van der Waals surface area contributed by atoms with Gasteiger partial charge in [0.25, 0.3) is 0 Å². The molecule has 0 aromatic carbocycles. The van der Waals surface area contributed by atoms with E-state index < -0.39 is 0 Å². The average Bonchev–Trinajstić information content (AvgIpc) is 2.80. The van der Waals surface area contributed by atoms with Crippen molar-refractivity contribution in [1.29, 1.82) is 0 Å². The Hall–Kier alpha value is -1.13. The summed E-state index contributed by atoms with van der Waals surface area (Å²) in [5.74, 6) is 0. The molecule has 4 heteroatoms. The second-order valence-electron chi connectivity index (χ2n) is 3.58. The molecule has 84 valence electrons. The molecule has 16 heavy (non-hydrogen) atoms. The first kappa shape index (κ1) is 11.4. The summed E-state index contributed by atoms with van der Waals surface area (Å²) in [6.45, 7) is 0. The molecule has 2 heterocycles. The van der Waals surface area contributed by atoms with E-state index in [0.29, 0.717) is 0 Å². The van der Waals surface area contributed by atoms with Gasteiger partial charge in [0.2, 0.25) is 0 Å². The lowest BCUT2D eigenvalue weighted by molar-refractivity contribution is 0.547. The van der Waals surface area contributed by atoms with Crippen LogP contribution >= 0.6 is 15.9 Å². The number of likely N-dealkylation sites (N-methyl/N-ethyl adjacent to an activating group) is 1. The number of furan rings is 1. The lowest BCUT2D eigenvalue weighted by atomic mass is 10.1. The van der Waals surface area contributed by atoms with E-state index in [1.807, 2.05) is 31.4 Å². The van der Waals surface area contributed by atoms with Crippen molar-refractivity contribution in [3.8, 4) is 0 Å². The SMILES string of the molecule is CNC(Cc1ccoc1)c1ccc(Br)cn1. The van der Waals surface area contributed by atoms with Crippen LogP contribution in [0.5, 0.6) is 0 Å². The number of halogens is 1. The summed E-state index contributed by atoms with van der Waals surface area (Å²) in [7, 11) is 1.94. The molecule has 0 spiro atoms. The normalized spacial score (nSPS) is 12.6. The first-order valence-corrected chi connectivity index (χ1v) is 5.88. The highest BCUT2D eigenvalue weighted by Crippen LogP contribution is 2.18. The monoisotopic (exact) mass is 280 g/mol. The lowest BCUT2D eigenvalue weighted by Crippen LogP contribution is -2.19. The van der Waals surface area contributed by atoms with Crippen LogP contribution in [0.3, 0.4) is 0 Å². The molecule has 2 aromatic heterocycles. The predicted molar refractivity (Wildman–Crippen MR) is 66.1 cm³/mol. The maximum absolute atomic E-state index is 5.06. The van der Waals surface area contributed by atoms with Gasteiger partial charge < -0.3 is 9.73 Å². The molecule has 0 aliphatic rings. The fourth-order valence-corrected chi connectivity index (χ4v) is 1.83. The fourth-order valence-electron chi connectivity index (χ4n) is 1.59. The highest BCUT2D eigenvalue weighted by Gasteiger charge is 2.11. The van der Waals surface area contributed by atoms with Gasteiger partial charge in [0.15, 0.2) is 0 Å². The molecule has 2 aromatic rings. The third-order valence-electron chi connectivity index (χ3n) is 2.48. The van der Waals surface area contributed by atoms with Crippen molar-refractivity contribution in [2.45, 2.75) is 12.5 Å². The molecule has 1 unspecified atom stereocenters. The Bertz CT molecular complexity index is 425. The summed E-state index contributed by atoms with van der Waals surface area (Å²) in [6, 6.07) is 6.21. The van der Waals surface area contributed by atoms with E-state index in [1.165, 1.54) is 5.56 Å². The van der Waals surface area contributed by atoms with Crippen molar-refractivity contribution in [2.24, 2.45) is 0 Å². The quantitative estimate of drug-likeness (QED) is 0.936. The Morgan fingerprint density at radius 2 is 2.31 bits per heavy atom. The van der Waals surface area contributed by atoms with Crippen molar-refractivity contribution < 1.29 is 4.42 Å². The van der Waals surface area contributed by atoms with E-state index in [0.717, 1.165) is 16.6 Å². The standard InChI is InChI=1S/C12H13BrN2O/c1-14-12(6-9-4-5-16-8-9)11-3-2-10(13)7-15-11/h2-5,7-8,12,14H,6H2,1H3. The van der Waals surface area contributed by atoms with Crippen LogP contribution in [0.1, 0.15) is 17.3 Å². The second kappa shape index (κ2) is 5.27. The van der Waals surface area contributed by atoms with Crippen LogP contribution in [0.4, 0.5) is 0 Å². The van der Waals surface area contributed by atoms with E-state index in [4.69, 9.17) is 4.42 Å². The molecule has 2 rings (SSSR count). The lowest BCUT2D eigenvalue weighted by Gasteiger charge is -2.14. The number of aromatic nitrogens is 1. The van der Waals surface area contributed by atoms with Gasteiger partial charge in [-0.3, -0.25) is 4.98 Å². The number of hydrogen-bond donors (Lipinski definition) is 1. The molecule has 0 radical (unpaired) electrons. The van der Waals surface area contributed by atoms with Gasteiger partial charge in [-0.1, -0.05) is 0 Å². The summed E-state index contributed by atoms with van der Waals surface area (Å²) in [5.41, 5.74) is 2.20. The molecule has 0 saturated carbocycles. The Labute approximate surface area is 103 Å². The van der Waals surface area contributed by atoms with Crippen molar-refractivity contribution in [1.82, 2.24) is 10.3 Å². The molecule has 0 saturated heterocycles. The molecule has 0 amide bonds. The van der Waals surface area contributed by atoms with E-state index in [1.54, 1.807) is 12.5 Å². The van der Waals surface area contributed by atoms with Crippen molar-refractivity contribution in [2.75, 3.05) is 7.05 Å². The van der Waals surface area contributed by atoms with Crippen LogP contribution in [0.25, 0.3) is 0 Å². The average molecular weight is 281 g/mol. The minimum absolute atomic E-state index is 0.214. The van der Waals surface area contributed by atoms with Gasteiger partial charge in [0, 0.05) is 10.7 Å².